The van der Waals surface area contributed by atoms with Gasteiger partial charge >= 0.3 is 0 Å². The van der Waals surface area contributed by atoms with Gasteiger partial charge in [-0.1, -0.05) is 11.6 Å². The number of hydrogen-bond donors (Lipinski definition) is 1. The summed E-state index contributed by atoms with van der Waals surface area (Å²) in [4.78, 5) is 4.28. The molecule has 1 N–H and O–H groups in total. The fraction of sp³-hybridized carbons (Fsp3) is 0.357. The van der Waals surface area contributed by atoms with Crippen LogP contribution >= 0.6 is 27.5 Å². The minimum Gasteiger partial charge on any atom is -0.443 e. The van der Waals surface area contributed by atoms with Crippen molar-refractivity contribution in [1.29, 1.82) is 0 Å². The van der Waals surface area contributed by atoms with Gasteiger partial charge < -0.3 is 9.73 Å². The van der Waals surface area contributed by atoms with Gasteiger partial charge in [0.1, 0.15) is 5.69 Å². The molecule has 0 spiro atoms. The third kappa shape index (κ3) is 3.81. The summed E-state index contributed by atoms with van der Waals surface area (Å²) in [6, 6.07) is 5.61. The highest BCUT2D eigenvalue weighted by atomic mass is 79.9. The van der Waals surface area contributed by atoms with Crippen LogP contribution in [0.1, 0.15) is 26.5 Å². The normalized spacial score (nSPS) is 11.8. The molecule has 2 aromatic rings. The maximum Gasteiger partial charge on any atom is 0.181 e. The molecule has 0 saturated heterocycles. The Kier molecular flexibility index (Phi) is 4.33. The standard InChI is InChI=1S/C14H16BrClN2O/c1-14(2,3)18-7-12-13(19-8-17-12)10-5-4-9(16)6-11(10)15/h4-6,8,18H,7H2,1-3H3. The van der Waals surface area contributed by atoms with Crippen LogP contribution in [-0.2, 0) is 6.54 Å². The fourth-order valence-corrected chi connectivity index (χ4v) is 2.50. The van der Waals surface area contributed by atoms with E-state index >= 15 is 0 Å². The van der Waals surface area contributed by atoms with Crippen molar-refractivity contribution in [2.24, 2.45) is 0 Å². The van der Waals surface area contributed by atoms with Crippen LogP contribution in [0.3, 0.4) is 0 Å². The van der Waals surface area contributed by atoms with Crippen LogP contribution in [0.25, 0.3) is 11.3 Å². The number of hydrogen-bond acceptors (Lipinski definition) is 3. The molecule has 1 aromatic heterocycles. The minimum absolute atomic E-state index is 0.0352. The highest BCUT2D eigenvalue weighted by Crippen LogP contribution is 2.32. The summed E-state index contributed by atoms with van der Waals surface area (Å²) >= 11 is 9.45. The van der Waals surface area contributed by atoms with Crippen LogP contribution < -0.4 is 5.32 Å². The van der Waals surface area contributed by atoms with Crippen molar-refractivity contribution in [1.82, 2.24) is 10.3 Å². The molecule has 2 rings (SSSR count). The smallest absolute Gasteiger partial charge is 0.181 e. The number of nitrogens with one attached hydrogen (secondary N) is 1. The summed E-state index contributed by atoms with van der Waals surface area (Å²) in [5, 5.41) is 4.09. The molecule has 0 aliphatic carbocycles. The first-order valence-corrected chi connectivity index (χ1v) is 7.17. The van der Waals surface area contributed by atoms with E-state index in [4.69, 9.17) is 16.0 Å². The Balaban J connectivity index is 2.28. The monoisotopic (exact) mass is 342 g/mol. The molecule has 5 heteroatoms. The maximum absolute atomic E-state index is 5.95. The van der Waals surface area contributed by atoms with Crippen molar-refractivity contribution in [3.05, 3.63) is 39.8 Å². The van der Waals surface area contributed by atoms with E-state index in [1.165, 1.54) is 6.39 Å². The molecule has 1 aromatic carbocycles. The van der Waals surface area contributed by atoms with E-state index in [9.17, 15) is 0 Å². The van der Waals surface area contributed by atoms with Crippen LogP contribution in [0, 0.1) is 0 Å². The summed E-state index contributed by atoms with van der Waals surface area (Å²) in [5.41, 5.74) is 1.87. The van der Waals surface area contributed by atoms with E-state index in [0.29, 0.717) is 11.6 Å². The molecule has 0 atom stereocenters. The van der Waals surface area contributed by atoms with E-state index < -0.39 is 0 Å². The molecule has 0 aliphatic rings. The lowest BCUT2D eigenvalue weighted by Crippen LogP contribution is -2.35. The predicted molar refractivity (Wildman–Crippen MR) is 81.2 cm³/mol. The van der Waals surface area contributed by atoms with Crippen LogP contribution in [0.5, 0.6) is 0 Å². The summed E-state index contributed by atoms with van der Waals surface area (Å²) in [6.45, 7) is 7.01. The molecule has 102 valence electrons. The molecule has 0 fully saturated rings. The minimum atomic E-state index is 0.0352. The Labute approximate surface area is 126 Å². The van der Waals surface area contributed by atoms with E-state index in [1.807, 2.05) is 18.2 Å². The van der Waals surface area contributed by atoms with E-state index in [1.54, 1.807) is 0 Å². The lowest BCUT2D eigenvalue weighted by atomic mass is 10.1. The molecule has 0 amide bonds. The quantitative estimate of drug-likeness (QED) is 0.882. The predicted octanol–water partition coefficient (Wildman–Crippen LogP) is 4.65. The summed E-state index contributed by atoms with van der Waals surface area (Å²) in [7, 11) is 0. The van der Waals surface area contributed by atoms with E-state index in [2.05, 4.69) is 47.0 Å². The Bertz CT molecular complexity index is 575. The van der Waals surface area contributed by atoms with Gasteiger partial charge in [0.15, 0.2) is 12.2 Å². The van der Waals surface area contributed by atoms with Crippen LogP contribution in [0.15, 0.2) is 33.5 Å². The zero-order chi connectivity index (χ0) is 14.0. The molecule has 3 nitrogen and oxygen atoms in total. The molecule has 0 aliphatic heterocycles. The van der Waals surface area contributed by atoms with Gasteiger partial charge in [-0.15, -0.1) is 0 Å². The largest absolute Gasteiger partial charge is 0.443 e. The third-order valence-electron chi connectivity index (χ3n) is 2.60. The molecular formula is C14H16BrClN2O. The Morgan fingerprint density at radius 1 is 1.37 bits per heavy atom. The van der Waals surface area contributed by atoms with E-state index in [-0.39, 0.29) is 5.54 Å². The molecule has 19 heavy (non-hydrogen) atoms. The summed E-state index contributed by atoms with van der Waals surface area (Å²) < 4.78 is 6.41. The Morgan fingerprint density at radius 3 is 2.74 bits per heavy atom. The fourth-order valence-electron chi connectivity index (χ4n) is 1.64. The third-order valence-corrected chi connectivity index (χ3v) is 3.49. The first-order chi connectivity index (χ1) is 8.87. The molecule has 0 saturated carbocycles. The van der Waals surface area contributed by atoms with Crippen molar-refractivity contribution in [2.75, 3.05) is 0 Å². The van der Waals surface area contributed by atoms with Gasteiger partial charge in [-0.25, -0.2) is 4.98 Å². The molecule has 0 radical (unpaired) electrons. The Morgan fingerprint density at radius 2 is 2.11 bits per heavy atom. The maximum atomic E-state index is 5.95. The lowest BCUT2D eigenvalue weighted by molar-refractivity contribution is 0.421. The van der Waals surface area contributed by atoms with Gasteiger partial charge in [-0.05, 0) is 54.9 Å². The van der Waals surface area contributed by atoms with Crippen LogP contribution in [-0.4, -0.2) is 10.5 Å². The first kappa shape index (κ1) is 14.6. The highest BCUT2D eigenvalue weighted by molar-refractivity contribution is 9.10. The second-order valence-corrected chi connectivity index (χ2v) is 6.65. The second-order valence-electron chi connectivity index (χ2n) is 5.36. The number of rotatable bonds is 3. The summed E-state index contributed by atoms with van der Waals surface area (Å²) in [5.74, 6) is 0.764. The van der Waals surface area contributed by atoms with Crippen LogP contribution in [0.2, 0.25) is 5.02 Å². The first-order valence-electron chi connectivity index (χ1n) is 5.99. The number of nitrogens with zero attached hydrogens (tertiary/aromatic N) is 1. The van der Waals surface area contributed by atoms with Crippen molar-refractivity contribution < 1.29 is 4.42 Å². The molecule has 1 heterocycles. The number of aromatic nitrogens is 1. The zero-order valence-corrected chi connectivity index (χ0v) is 13.5. The Hall–Kier alpha value is -0.840. The van der Waals surface area contributed by atoms with Crippen molar-refractivity contribution in [3.63, 3.8) is 0 Å². The van der Waals surface area contributed by atoms with Crippen molar-refractivity contribution in [2.45, 2.75) is 32.9 Å². The number of halogens is 2. The van der Waals surface area contributed by atoms with Gasteiger partial charge in [-0.2, -0.15) is 0 Å². The van der Waals surface area contributed by atoms with Gasteiger partial charge in [0.25, 0.3) is 0 Å². The van der Waals surface area contributed by atoms with Gasteiger partial charge in [0.05, 0.1) is 0 Å². The van der Waals surface area contributed by atoms with Crippen molar-refractivity contribution in [3.8, 4) is 11.3 Å². The average Bonchev–Trinajstić information content (AvgIpc) is 2.73. The number of oxazole rings is 1. The average molecular weight is 344 g/mol. The lowest BCUT2D eigenvalue weighted by Gasteiger charge is -2.19. The highest BCUT2D eigenvalue weighted by Gasteiger charge is 2.16. The number of benzene rings is 1. The zero-order valence-electron chi connectivity index (χ0n) is 11.1. The molecule has 0 unspecified atom stereocenters. The molecular weight excluding hydrogens is 328 g/mol. The van der Waals surface area contributed by atoms with Gasteiger partial charge in [-0.3, -0.25) is 0 Å². The van der Waals surface area contributed by atoms with Crippen LogP contribution in [0.4, 0.5) is 0 Å². The second kappa shape index (κ2) is 5.65. The topological polar surface area (TPSA) is 38.1 Å². The van der Waals surface area contributed by atoms with Gasteiger partial charge in [0.2, 0.25) is 0 Å². The summed E-state index contributed by atoms with van der Waals surface area (Å²) in [6.07, 6.45) is 1.47. The molecule has 0 bridgehead atoms. The van der Waals surface area contributed by atoms with Gasteiger partial charge in [0, 0.05) is 27.1 Å². The SMILES string of the molecule is CC(C)(C)NCc1ncoc1-c1ccc(Cl)cc1Br. The van der Waals surface area contributed by atoms with E-state index in [0.717, 1.165) is 21.5 Å². The van der Waals surface area contributed by atoms with Crippen molar-refractivity contribution >= 4 is 27.5 Å².